The van der Waals surface area contributed by atoms with Gasteiger partial charge in [0.05, 0.1) is 0 Å². The molecule has 2 heteroatoms. The SMILES string of the molecule is C=c1c2c(C)c3cccn3c(=C)c2c(C)c2cccn12.CC.CC.CCC.CCC. The van der Waals surface area contributed by atoms with E-state index in [0.717, 1.165) is 10.7 Å². The zero-order valence-corrected chi connectivity index (χ0v) is 21.2. The second-order valence-corrected chi connectivity index (χ2v) is 6.83. The molecule has 0 aliphatic carbocycles. The van der Waals surface area contributed by atoms with Gasteiger partial charge in [-0.1, -0.05) is 81.4 Å². The molecule has 4 aromatic rings. The van der Waals surface area contributed by atoms with E-state index >= 15 is 0 Å². The molecule has 0 atom stereocenters. The Bertz CT molecular complexity index is 1040. The van der Waals surface area contributed by atoms with Gasteiger partial charge >= 0.3 is 0 Å². The van der Waals surface area contributed by atoms with Crippen molar-refractivity contribution in [3.05, 3.63) is 58.5 Å². The number of fused-ring (bicyclic) bond motifs is 3. The van der Waals surface area contributed by atoms with Crippen molar-refractivity contribution in [3.8, 4) is 0 Å². The van der Waals surface area contributed by atoms with Gasteiger partial charge in [-0.05, 0) is 49.2 Å². The first-order valence-electron chi connectivity index (χ1n) is 11.6. The first-order valence-corrected chi connectivity index (χ1v) is 11.6. The van der Waals surface area contributed by atoms with Crippen LogP contribution >= 0.6 is 0 Å². The summed E-state index contributed by atoms with van der Waals surface area (Å²) in [4.78, 5) is 0. The van der Waals surface area contributed by atoms with Crippen LogP contribution in [0.25, 0.3) is 35.0 Å². The maximum Gasteiger partial charge on any atom is 0.0492 e. The lowest BCUT2D eigenvalue weighted by Crippen LogP contribution is -2.21. The molecule has 0 bridgehead atoms. The molecule has 0 fully saturated rings. The van der Waals surface area contributed by atoms with Gasteiger partial charge in [0.2, 0.25) is 0 Å². The minimum atomic E-state index is 1.04. The summed E-state index contributed by atoms with van der Waals surface area (Å²) in [5, 5.41) is 4.53. The molecule has 0 radical (unpaired) electrons. The molecule has 0 N–H and O–H groups in total. The Kier molecular flexibility index (Phi) is 12.6. The Labute approximate surface area is 184 Å². The summed E-state index contributed by atoms with van der Waals surface area (Å²) in [5.74, 6) is 0. The van der Waals surface area contributed by atoms with Crippen molar-refractivity contribution in [1.29, 1.82) is 0 Å². The van der Waals surface area contributed by atoms with E-state index in [1.807, 2.05) is 27.7 Å². The van der Waals surface area contributed by atoms with Crippen LogP contribution in [-0.2, 0) is 0 Å². The lowest BCUT2D eigenvalue weighted by Gasteiger charge is -2.13. The number of rotatable bonds is 0. The van der Waals surface area contributed by atoms with Crippen LogP contribution < -0.4 is 10.7 Å². The molecule has 4 heterocycles. The first kappa shape index (κ1) is 27.5. The highest BCUT2D eigenvalue weighted by molar-refractivity contribution is 5.96. The Morgan fingerprint density at radius 1 is 0.633 bits per heavy atom. The van der Waals surface area contributed by atoms with E-state index in [-0.39, 0.29) is 0 Å². The van der Waals surface area contributed by atoms with Crippen LogP contribution in [-0.4, -0.2) is 8.80 Å². The predicted molar refractivity (Wildman–Crippen MR) is 140 cm³/mol. The van der Waals surface area contributed by atoms with E-state index in [1.165, 1.54) is 45.8 Å². The lowest BCUT2D eigenvalue weighted by atomic mass is 10.0. The predicted octanol–water partition coefficient (Wildman–Crippen LogP) is 7.67. The van der Waals surface area contributed by atoms with Crippen LogP contribution in [0.15, 0.2) is 36.7 Å². The topological polar surface area (TPSA) is 8.82 Å². The summed E-state index contributed by atoms with van der Waals surface area (Å²) in [5.41, 5.74) is 4.94. The van der Waals surface area contributed by atoms with Crippen molar-refractivity contribution in [1.82, 2.24) is 8.80 Å². The zero-order valence-electron chi connectivity index (χ0n) is 21.2. The smallest absolute Gasteiger partial charge is 0.0492 e. The summed E-state index contributed by atoms with van der Waals surface area (Å²) in [6, 6.07) is 8.41. The molecule has 0 saturated carbocycles. The highest BCUT2D eigenvalue weighted by Crippen LogP contribution is 2.22. The monoisotopic (exact) mass is 408 g/mol. The van der Waals surface area contributed by atoms with Crippen molar-refractivity contribution in [2.75, 3.05) is 0 Å². The van der Waals surface area contributed by atoms with Gasteiger partial charge in [0.25, 0.3) is 0 Å². The van der Waals surface area contributed by atoms with E-state index in [0.29, 0.717) is 0 Å². The summed E-state index contributed by atoms with van der Waals surface area (Å²) < 4.78 is 4.34. The minimum absolute atomic E-state index is 1.04. The number of pyridine rings is 2. The molecule has 2 nitrogen and oxygen atoms in total. The average molecular weight is 409 g/mol. The van der Waals surface area contributed by atoms with Gasteiger partial charge < -0.3 is 8.80 Å². The fraction of sp³-hybridized carbons (Fsp3) is 0.429. The molecule has 4 aromatic heterocycles. The molecule has 0 amide bonds. The molecule has 0 spiro atoms. The molecule has 0 aromatic carbocycles. The van der Waals surface area contributed by atoms with Crippen molar-refractivity contribution in [3.63, 3.8) is 0 Å². The van der Waals surface area contributed by atoms with E-state index in [1.54, 1.807) is 0 Å². The molecular formula is C28H44N2. The molecule has 4 rings (SSSR count). The normalized spacial score (nSPS) is 9.53. The van der Waals surface area contributed by atoms with Crippen LogP contribution in [0.1, 0.15) is 79.4 Å². The first-order chi connectivity index (χ1) is 14.4. The maximum absolute atomic E-state index is 4.31. The second-order valence-electron chi connectivity index (χ2n) is 6.83. The average Bonchev–Trinajstić information content (AvgIpc) is 3.43. The summed E-state index contributed by atoms with van der Waals surface area (Å²) in [6.07, 6.45) is 6.66. The summed E-state index contributed by atoms with van der Waals surface area (Å²) >= 11 is 0. The van der Waals surface area contributed by atoms with Gasteiger partial charge in [0.15, 0.2) is 0 Å². The van der Waals surface area contributed by atoms with Gasteiger partial charge in [-0.25, -0.2) is 0 Å². The van der Waals surface area contributed by atoms with Crippen molar-refractivity contribution >= 4 is 35.0 Å². The highest BCUT2D eigenvalue weighted by atomic mass is 14.9. The number of nitrogens with zero attached hydrogens (tertiary/aromatic N) is 2. The van der Waals surface area contributed by atoms with E-state index in [9.17, 15) is 0 Å². The van der Waals surface area contributed by atoms with Crippen LogP contribution in [0.5, 0.6) is 0 Å². The van der Waals surface area contributed by atoms with Crippen LogP contribution in [0, 0.1) is 13.8 Å². The highest BCUT2D eigenvalue weighted by Gasteiger charge is 2.12. The summed E-state index contributed by atoms with van der Waals surface area (Å²) in [7, 11) is 0. The lowest BCUT2D eigenvalue weighted by molar-refractivity contribution is 1.09. The van der Waals surface area contributed by atoms with Crippen molar-refractivity contribution in [2.24, 2.45) is 0 Å². The number of hydrogen-bond donors (Lipinski definition) is 0. The van der Waals surface area contributed by atoms with Crippen molar-refractivity contribution < 1.29 is 0 Å². The Morgan fingerprint density at radius 3 is 1.17 bits per heavy atom. The maximum atomic E-state index is 4.31. The zero-order chi connectivity index (χ0) is 23.4. The van der Waals surface area contributed by atoms with Gasteiger partial charge in [-0.2, -0.15) is 0 Å². The van der Waals surface area contributed by atoms with Crippen molar-refractivity contribution in [2.45, 2.75) is 82.1 Å². The second kappa shape index (κ2) is 13.7. The van der Waals surface area contributed by atoms with Gasteiger partial charge in [0.1, 0.15) is 0 Å². The van der Waals surface area contributed by atoms with E-state index < -0.39 is 0 Å². The van der Waals surface area contributed by atoms with Gasteiger partial charge in [-0.15, -0.1) is 0 Å². The van der Waals surface area contributed by atoms with Crippen LogP contribution in [0.4, 0.5) is 0 Å². The number of aromatic nitrogens is 2. The molecule has 0 unspecified atom stereocenters. The number of aryl methyl sites for hydroxylation is 2. The van der Waals surface area contributed by atoms with Crippen LogP contribution in [0.3, 0.4) is 0 Å². The number of hydrogen-bond acceptors (Lipinski definition) is 0. The molecule has 30 heavy (non-hydrogen) atoms. The molecule has 0 saturated heterocycles. The Morgan fingerprint density at radius 2 is 0.900 bits per heavy atom. The fourth-order valence-corrected chi connectivity index (χ4v) is 3.44. The quantitative estimate of drug-likeness (QED) is 0.282. The molecule has 0 aliphatic rings. The molecule has 0 aliphatic heterocycles. The Balaban J connectivity index is 0.000000731. The fourth-order valence-electron chi connectivity index (χ4n) is 3.44. The van der Waals surface area contributed by atoms with Gasteiger partial charge in [-0.3, -0.25) is 0 Å². The molecule has 166 valence electrons. The van der Waals surface area contributed by atoms with Gasteiger partial charge in [0, 0.05) is 44.9 Å². The van der Waals surface area contributed by atoms with E-state index in [2.05, 4.69) is 100 Å². The summed E-state index contributed by atoms with van der Waals surface area (Å²) in [6.45, 7) is 29.5. The third kappa shape index (κ3) is 5.36. The largest absolute Gasteiger partial charge is 0.317 e. The van der Waals surface area contributed by atoms with Crippen LogP contribution in [0.2, 0.25) is 0 Å². The third-order valence-corrected chi connectivity index (χ3v) is 4.42. The standard InChI is InChI=1S/C18H16N2.2C3H8.2C2H6/c1-11-15-7-5-9-19(15)14(4)18-12(2)16-8-6-10-20(16)13(3)17(11)18;2*1-3-2;2*1-2/h5-10H,3-4H2,1-2H3;2*3H2,1-2H3;2*1-2H3. The van der Waals surface area contributed by atoms with E-state index in [4.69, 9.17) is 0 Å². The Hall–Kier alpha value is -2.48. The molecular weight excluding hydrogens is 364 g/mol. The minimum Gasteiger partial charge on any atom is -0.317 e. The third-order valence-electron chi connectivity index (χ3n) is 4.42.